The van der Waals surface area contributed by atoms with Crippen LogP contribution in [0.5, 0.6) is 0 Å². The van der Waals surface area contributed by atoms with Gasteiger partial charge in [0.1, 0.15) is 0 Å². The van der Waals surface area contributed by atoms with Crippen LogP contribution in [0.25, 0.3) is 10.9 Å². The second kappa shape index (κ2) is 14.4. The molecule has 196 valence electrons. The van der Waals surface area contributed by atoms with E-state index in [0.717, 1.165) is 17.4 Å². The highest BCUT2D eigenvalue weighted by Gasteiger charge is 2.25. The Morgan fingerprint density at radius 2 is 1.94 bits per heavy atom. The van der Waals surface area contributed by atoms with Crippen molar-refractivity contribution in [2.75, 3.05) is 32.7 Å². The third-order valence-corrected chi connectivity index (χ3v) is 6.79. The molecule has 1 fully saturated rings. The highest BCUT2D eigenvalue weighted by Crippen LogP contribution is 2.24. The Kier molecular flexibility index (Phi) is 10.9. The van der Waals surface area contributed by atoms with E-state index in [1.165, 1.54) is 32.1 Å². The van der Waals surface area contributed by atoms with Crippen molar-refractivity contribution < 1.29 is 9.59 Å². The third-order valence-electron chi connectivity index (χ3n) is 6.79. The molecule has 2 aromatic rings. The van der Waals surface area contributed by atoms with Crippen LogP contribution in [-0.2, 0) is 4.79 Å². The second-order valence-corrected chi connectivity index (χ2v) is 9.51. The fourth-order valence-electron chi connectivity index (χ4n) is 4.81. The summed E-state index contributed by atoms with van der Waals surface area (Å²) >= 11 is 0. The number of likely N-dealkylation sites (N-methyl/N-ethyl adjacent to an activating group) is 1. The molecule has 9 nitrogen and oxygen atoms in total. The summed E-state index contributed by atoms with van der Waals surface area (Å²) in [6, 6.07) is 9.19. The Morgan fingerprint density at radius 1 is 1.17 bits per heavy atom. The number of aliphatic imine (C=N–C) groups is 1. The lowest BCUT2D eigenvalue weighted by atomic mass is 9.89. The van der Waals surface area contributed by atoms with Crippen molar-refractivity contribution in [2.45, 2.75) is 57.9 Å². The van der Waals surface area contributed by atoms with Gasteiger partial charge in [-0.2, -0.15) is 0 Å². The Hall–Kier alpha value is -3.20. The predicted octanol–water partition coefficient (Wildman–Crippen LogP) is 2.41. The zero-order valence-electron chi connectivity index (χ0n) is 21.4. The number of rotatable bonds is 13. The lowest BCUT2D eigenvalue weighted by Gasteiger charge is -2.32. The average Bonchev–Trinajstić information content (AvgIpc) is 2.90. The monoisotopic (exact) mass is 495 g/mol. The number of benzene rings is 1. The van der Waals surface area contributed by atoms with Crippen LogP contribution in [-0.4, -0.2) is 66.4 Å². The van der Waals surface area contributed by atoms with Crippen LogP contribution in [0.4, 0.5) is 0 Å². The molecule has 1 atom stereocenters. The Morgan fingerprint density at radius 3 is 2.69 bits per heavy atom. The molecule has 0 saturated heterocycles. The van der Waals surface area contributed by atoms with Crippen LogP contribution in [0.1, 0.15) is 62.2 Å². The summed E-state index contributed by atoms with van der Waals surface area (Å²) < 4.78 is 0. The quantitative estimate of drug-likeness (QED) is 0.191. The molecule has 2 amide bonds. The van der Waals surface area contributed by atoms with Gasteiger partial charge < -0.3 is 27.0 Å². The standard InChI is InChI=1S/C27H41N7O2/c1-2-34(19-20-9-4-3-5-10-20)26(36)24(13-8-14-32-27(28)29)30-15-16-31-25(35)22-17-21-11-6-7-12-23(21)33-18-22/h6-7,11-12,17-18,20,24,30H,2-5,8-10,13-16,19H2,1H3,(H,31,35)(H4,28,29,32). The molecular formula is C27H41N7O2. The number of fused-ring (bicyclic) bond motifs is 1. The van der Waals surface area contributed by atoms with E-state index in [9.17, 15) is 9.59 Å². The van der Waals surface area contributed by atoms with Crippen molar-refractivity contribution in [1.29, 1.82) is 0 Å². The van der Waals surface area contributed by atoms with Crippen LogP contribution >= 0.6 is 0 Å². The van der Waals surface area contributed by atoms with Gasteiger partial charge in [0.25, 0.3) is 5.91 Å². The molecule has 6 N–H and O–H groups in total. The Balaban J connectivity index is 1.53. The maximum atomic E-state index is 13.4. The van der Waals surface area contributed by atoms with Gasteiger partial charge in [-0.1, -0.05) is 37.5 Å². The fraction of sp³-hybridized carbons (Fsp3) is 0.556. The summed E-state index contributed by atoms with van der Waals surface area (Å²) in [6.07, 6.45) is 9.10. The smallest absolute Gasteiger partial charge is 0.252 e. The SMILES string of the molecule is CCN(CC1CCCCC1)C(=O)C(CCCN=C(N)N)NCCNC(=O)c1cnc2ccccc2c1. The Bertz CT molecular complexity index is 1020. The number of hydrogen-bond donors (Lipinski definition) is 4. The second-order valence-electron chi connectivity index (χ2n) is 9.51. The number of carbonyl (C=O) groups excluding carboxylic acids is 2. The lowest BCUT2D eigenvalue weighted by Crippen LogP contribution is -2.49. The number of carbonyl (C=O) groups is 2. The number of aromatic nitrogens is 1. The summed E-state index contributed by atoms with van der Waals surface area (Å²) in [7, 11) is 0. The van der Waals surface area contributed by atoms with E-state index < -0.39 is 0 Å². The molecule has 0 radical (unpaired) electrons. The molecule has 9 heteroatoms. The number of pyridine rings is 1. The van der Waals surface area contributed by atoms with Gasteiger partial charge in [0.05, 0.1) is 17.1 Å². The van der Waals surface area contributed by atoms with Crippen LogP contribution < -0.4 is 22.1 Å². The van der Waals surface area contributed by atoms with E-state index >= 15 is 0 Å². The zero-order chi connectivity index (χ0) is 25.8. The van der Waals surface area contributed by atoms with Crippen LogP contribution in [0.3, 0.4) is 0 Å². The zero-order valence-corrected chi connectivity index (χ0v) is 21.4. The molecule has 0 aliphatic heterocycles. The molecule has 1 aliphatic carbocycles. The van der Waals surface area contributed by atoms with Gasteiger partial charge in [0, 0.05) is 44.3 Å². The number of guanidine groups is 1. The van der Waals surface area contributed by atoms with E-state index in [2.05, 4.69) is 20.6 Å². The molecule has 0 bridgehead atoms. The third kappa shape index (κ3) is 8.48. The maximum Gasteiger partial charge on any atom is 0.252 e. The highest BCUT2D eigenvalue weighted by molar-refractivity contribution is 5.97. The lowest BCUT2D eigenvalue weighted by molar-refractivity contribution is -0.134. The molecule has 36 heavy (non-hydrogen) atoms. The van der Waals surface area contributed by atoms with Crippen molar-refractivity contribution in [2.24, 2.45) is 22.4 Å². The van der Waals surface area contributed by atoms with Gasteiger partial charge in [-0.25, -0.2) is 0 Å². The normalized spacial score (nSPS) is 14.8. The van der Waals surface area contributed by atoms with Crippen molar-refractivity contribution in [3.05, 3.63) is 42.1 Å². The minimum atomic E-state index is -0.345. The van der Waals surface area contributed by atoms with Gasteiger partial charge >= 0.3 is 0 Å². The highest BCUT2D eigenvalue weighted by atomic mass is 16.2. The van der Waals surface area contributed by atoms with E-state index in [-0.39, 0.29) is 23.8 Å². The van der Waals surface area contributed by atoms with Gasteiger partial charge in [0.2, 0.25) is 5.91 Å². The van der Waals surface area contributed by atoms with Gasteiger partial charge in [0.15, 0.2) is 5.96 Å². The predicted molar refractivity (Wildman–Crippen MR) is 145 cm³/mol. The number of nitrogens with zero attached hydrogens (tertiary/aromatic N) is 3. The van der Waals surface area contributed by atoms with Crippen LogP contribution in [0.2, 0.25) is 0 Å². The molecule has 1 aliphatic rings. The van der Waals surface area contributed by atoms with E-state index in [0.29, 0.717) is 50.5 Å². The number of nitrogens with two attached hydrogens (primary N) is 2. The largest absolute Gasteiger partial charge is 0.370 e. The molecule has 1 unspecified atom stereocenters. The molecule has 1 saturated carbocycles. The van der Waals surface area contributed by atoms with E-state index in [1.807, 2.05) is 42.2 Å². The molecule has 0 spiro atoms. The van der Waals surface area contributed by atoms with Gasteiger partial charge in [-0.3, -0.25) is 19.6 Å². The summed E-state index contributed by atoms with van der Waals surface area (Å²) in [5, 5.41) is 7.21. The maximum absolute atomic E-state index is 13.4. The van der Waals surface area contributed by atoms with Crippen molar-refractivity contribution in [1.82, 2.24) is 20.5 Å². The number of amides is 2. The molecule has 1 aromatic carbocycles. The molecular weight excluding hydrogens is 454 g/mol. The molecule has 1 aromatic heterocycles. The summed E-state index contributed by atoms with van der Waals surface area (Å²) in [5.41, 5.74) is 12.3. The van der Waals surface area contributed by atoms with Crippen molar-refractivity contribution in [3.8, 4) is 0 Å². The first-order valence-corrected chi connectivity index (χ1v) is 13.2. The summed E-state index contributed by atoms with van der Waals surface area (Å²) in [4.78, 5) is 36.4. The number of hydrogen-bond acceptors (Lipinski definition) is 5. The topological polar surface area (TPSA) is 139 Å². The van der Waals surface area contributed by atoms with E-state index in [1.54, 1.807) is 6.20 Å². The number of nitrogens with one attached hydrogen (secondary N) is 2. The van der Waals surface area contributed by atoms with E-state index in [4.69, 9.17) is 11.5 Å². The van der Waals surface area contributed by atoms with Gasteiger partial charge in [-0.05, 0) is 50.7 Å². The molecule has 1 heterocycles. The van der Waals surface area contributed by atoms with Crippen molar-refractivity contribution >= 4 is 28.7 Å². The fourth-order valence-corrected chi connectivity index (χ4v) is 4.81. The molecule has 3 rings (SSSR count). The minimum Gasteiger partial charge on any atom is -0.370 e. The first-order valence-electron chi connectivity index (χ1n) is 13.2. The van der Waals surface area contributed by atoms with Crippen LogP contribution in [0.15, 0.2) is 41.5 Å². The summed E-state index contributed by atoms with van der Waals surface area (Å²) in [6.45, 7) is 4.90. The first-order chi connectivity index (χ1) is 17.5. The number of para-hydroxylation sites is 1. The summed E-state index contributed by atoms with van der Waals surface area (Å²) in [5.74, 6) is 0.569. The average molecular weight is 496 g/mol. The van der Waals surface area contributed by atoms with Crippen molar-refractivity contribution in [3.63, 3.8) is 0 Å². The van der Waals surface area contributed by atoms with Crippen LogP contribution in [0, 0.1) is 5.92 Å². The Labute approximate surface area is 214 Å². The first kappa shape index (κ1) is 27.4. The van der Waals surface area contributed by atoms with Gasteiger partial charge in [-0.15, -0.1) is 0 Å². The minimum absolute atomic E-state index is 0.0595.